The number of rotatable bonds is 5. The van der Waals surface area contributed by atoms with E-state index in [-0.39, 0.29) is 6.42 Å². The van der Waals surface area contributed by atoms with Gasteiger partial charge in [0.2, 0.25) is 0 Å². The molecule has 12 heavy (non-hydrogen) atoms. The van der Waals surface area contributed by atoms with Gasteiger partial charge in [-0.15, -0.1) is 0 Å². The molecule has 0 aromatic carbocycles. The monoisotopic (exact) mass is 246 g/mol. The summed E-state index contributed by atoms with van der Waals surface area (Å²) in [5, 5.41) is 0. The van der Waals surface area contributed by atoms with Gasteiger partial charge in [-0.05, 0) is 6.42 Å². The summed E-state index contributed by atoms with van der Waals surface area (Å²) in [7, 11) is 0. The maximum atomic E-state index is 11.9. The Hall–Kier alpha value is 0.270. The molecule has 4 heteroatoms. The van der Waals surface area contributed by atoms with Crippen molar-refractivity contribution in [3.05, 3.63) is 0 Å². The Kier molecular flexibility index (Phi) is 5.97. The molecule has 0 aliphatic rings. The van der Waals surface area contributed by atoms with Gasteiger partial charge < -0.3 is 0 Å². The van der Waals surface area contributed by atoms with Crippen LogP contribution in [0.2, 0.25) is 0 Å². The zero-order chi connectivity index (χ0) is 9.61. The van der Waals surface area contributed by atoms with Crippen molar-refractivity contribution in [3.8, 4) is 0 Å². The van der Waals surface area contributed by atoms with Gasteiger partial charge in [-0.2, -0.15) is 13.2 Å². The van der Waals surface area contributed by atoms with E-state index in [4.69, 9.17) is 0 Å². The largest absolute Gasteiger partial charge is 0.401 e. The van der Waals surface area contributed by atoms with Crippen LogP contribution in [0.4, 0.5) is 13.2 Å². The van der Waals surface area contributed by atoms with E-state index in [1.54, 1.807) is 0 Å². The normalized spacial score (nSPS) is 14.8. The quantitative estimate of drug-likeness (QED) is 0.502. The highest BCUT2D eigenvalue weighted by molar-refractivity contribution is 9.09. The van der Waals surface area contributed by atoms with Gasteiger partial charge in [0.15, 0.2) is 0 Å². The van der Waals surface area contributed by atoms with Crippen LogP contribution >= 0.6 is 15.9 Å². The smallest absolute Gasteiger partial charge is 0.170 e. The van der Waals surface area contributed by atoms with E-state index >= 15 is 0 Å². The van der Waals surface area contributed by atoms with Crippen molar-refractivity contribution in [1.29, 1.82) is 0 Å². The molecule has 0 nitrogen and oxygen atoms in total. The summed E-state index contributed by atoms with van der Waals surface area (Å²) in [5.41, 5.74) is 0. The lowest BCUT2D eigenvalue weighted by molar-refractivity contribution is -0.128. The third kappa shape index (κ3) is 5.86. The van der Waals surface area contributed by atoms with E-state index in [1.165, 1.54) is 0 Å². The minimum Gasteiger partial charge on any atom is -0.170 e. The number of unbranched alkanes of at least 4 members (excludes halogenated alkanes) is 3. The second kappa shape index (κ2) is 5.84. The molecule has 0 N–H and O–H groups in total. The molecule has 0 aromatic rings. The maximum absolute atomic E-state index is 11.9. The first-order valence-electron chi connectivity index (χ1n) is 4.19. The van der Waals surface area contributed by atoms with E-state index in [2.05, 4.69) is 15.9 Å². The lowest BCUT2D eigenvalue weighted by Crippen LogP contribution is -2.22. The van der Waals surface area contributed by atoms with Crippen LogP contribution in [0.3, 0.4) is 0 Å². The molecule has 0 saturated carbocycles. The zero-order valence-corrected chi connectivity index (χ0v) is 8.71. The van der Waals surface area contributed by atoms with Crippen LogP contribution in [0, 0.1) is 0 Å². The first kappa shape index (κ1) is 12.3. The first-order valence-corrected chi connectivity index (χ1v) is 5.10. The highest BCUT2D eigenvalue weighted by Gasteiger charge is 2.36. The van der Waals surface area contributed by atoms with E-state index < -0.39 is 11.0 Å². The molecule has 0 bridgehead atoms. The van der Waals surface area contributed by atoms with Crippen LogP contribution < -0.4 is 0 Å². The number of hydrogen-bond donors (Lipinski definition) is 0. The third-order valence-electron chi connectivity index (χ3n) is 1.67. The Morgan fingerprint density at radius 2 is 1.75 bits per heavy atom. The molecule has 0 saturated heterocycles. The molecule has 0 spiro atoms. The highest BCUT2D eigenvalue weighted by atomic mass is 79.9. The fourth-order valence-electron chi connectivity index (χ4n) is 0.914. The van der Waals surface area contributed by atoms with Crippen molar-refractivity contribution in [2.24, 2.45) is 0 Å². The molecule has 0 rings (SSSR count). The third-order valence-corrected chi connectivity index (χ3v) is 2.64. The number of alkyl halides is 4. The summed E-state index contributed by atoms with van der Waals surface area (Å²) in [6.07, 6.45) is -0.246. The van der Waals surface area contributed by atoms with E-state index in [0.717, 1.165) is 19.3 Å². The molecular weight excluding hydrogens is 233 g/mol. The molecule has 0 aliphatic heterocycles. The summed E-state index contributed by atoms with van der Waals surface area (Å²) in [6, 6.07) is 0. The summed E-state index contributed by atoms with van der Waals surface area (Å²) in [6.45, 7) is 2.04. The standard InChI is InChI=1S/C8H14BrF3/c1-2-3-4-5-6-7(9)8(10,11)12/h7H,2-6H2,1H3. The first-order chi connectivity index (χ1) is 5.48. The summed E-state index contributed by atoms with van der Waals surface area (Å²) in [4.78, 5) is -1.32. The molecule has 0 heterocycles. The average Bonchev–Trinajstić information content (AvgIpc) is 1.96. The van der Waals surface area contributed by atoms with Crippen molar-refractivity contribution in [2.75, 3.05) is 0 Å². The highest BCUT2D eigenvalue weighted by Crippen LogP contribution is 2.30. The van der Waals surface area contributed by atoms with Crippen LogP contribution in [-0.2, 0) is 0 Å². The molecule has 1 atom stereocenters. The van der Waals surface area contributed by atoms with Gasteiger partial charge >= 0.3 is 6.18 Å². The van der Waals surface area contributed by atoms with Gasteiger partial charge in [0.25, 0.3) is 0 Å². The second-order valence-corrected chi connectivity index (χ2v) is 3.96. The van der Waals surface area contributed by atoms with Gasteiger partial charge in [0, 0.05) is 0 Å². The topological polar surface area (TPSA) is 0 Å². The lowest BCUT2D eigenvalue weighted by Gasteiger charge is -2.12. The van der Waals surface area contributed by atoms with Gasteiger partial charge in [-0.1, -0.05) is 48.5 Å². The average molecular weight is 247 g/mol. The number of halogens is 4. The predicted molar refractivity (Wildman–Crippen MR) is 47.5 cm³/mol. The Bertz CT molecular complexity index is 111. The van der Waals surface area contributed by atoms with Crippen LogP contribution in [0.1, 0.15) is 39.0 Å². The van der Waals surface area contributed by atoms with Gasteiger partial charge in [-0.25, -0.2) is 0 Å². The molecule has 1 unspecified atom stereocenters. The predicted octanol–water partition coefficient (Wildman–Crippen LogP) is 4.28. The second-order valence-electron chi connectivity index (χ2n) is 2.86. The molecular formula is C8H14BrF3. The van der Waals surface area contributed by atoms with Crippen LogP contribution in [0.5, 0.6) is 0 Å². The Morgan fingerprint density at radius 1 is 1.17 bits per heavy atom. The zero-order valence-electron chi connectivity index (χ0n) is 7.12. The Balaban J connectivity index is 3.38. The molecule has 0 amide bonds. The SMILES string of the molecule is CCCCCCC(Br)C(F)(F)F. The van der Waals surface area contributed by atoms with Gasteiger partial charge in [0.05, 0.1) is 0 Å². The number of hydrogen-bond acceptors (Lipinski definition) is 0. The summed E-state index contributed by atoms with van der Waals surface area (Å²) >= 11 is 2.63. The molecule has 0 fully saturated rings. The Morgan fingerprint density at radius 3 is 2.17 bits per heavy atom. The summed E-state index contributed by atoms with van der Waals surface area (Å²) in [5.74, 6) is 0. The van der Waals surface area contributed by atoms with Crippen molar-refractivity contribution >= 4 is 15.9 Å². The molecule has 74 valence electrons. The fourth-order valence-corrected chi connectivity index (χ4v) is 1.24. The Labute approximate surface area is 79.7 Å². The fraction of sp³-hybridized carbons (Fsp3) is 1.00. The van der Waals surface area contributed by atoms with Crippen molar-refractivity contribution in [1.82, 2.24) is 0 Å². The van der Waals surface area contributed by atoms with Crippen molar-refractivity contribution in [2.45, 2.75) is 50.0 Å². The van der Waals surface area contributed by atoms with Gasteiger partial charge in [-0.3, -0.25) is 0 Å². The van der Waals surface area contributed by atoms with Gasteiger partial charge in [0.1, 0.15) is 4.83 Å². The van der Waals surface area contributed by atoms with Crippen molar-refractivity contribution < 1.29 is 13.2 Å². The van der Waals surface area contributed by atoms with Crippen molar-refractivity contribution in [3.63, 3.8) is 0 Å². The lowest BCUT2D eigenvalue weighted by atomic mass is 10.1. The molecule has 0 radical (unpaired) electrons. The minimum absolute atomic E-state index is 0.198. The van der Waals surface area contributed by atoms with E-state index in [1.807, 2.05) is 6.92 Å². The molecule has 0 aromatic heterocycles. The molecule has 0 aliphatic carbocycles. The van der Waals surface area contributed by atoms with E-state index in [0.29, 0.717) is 6.42 Å². The van der Waals surface area contributed by atoms with E-state index in [9.17, 15) is 13.2 Å². The maximum Gasteiger partial charge on any atom is 0.401 e. The summed E-state index contributed by atoms with van der Waals surface area (Å²) < 4.78 is 35.7. The minimum atomic E-state index is -4.08. The van der Waals surface area contributed by atoms with Crippen LogP contribution in [0.15, 0.2) is 0 Å². The van der Waals surface area contributed by atoms with Crippen LogP contribution in [0.25, 0.3) is 0 Å². The van der Waals surface area contributed by atoms with Crippen LogP contribution in [-0.4, -0.2) is 11.0 Å².